The smallest absolute Gasteiger partial charge is 0.323 e. The van der Waals surface area contributed by atoms with Crippen molar-refractivity contribution in [2.75, 3.05) is 17.2 Å². The first-order valence-electron chi connectivity index (χ1n) is 6.22. The lowest BCUT2D eigenvalue weighted by molar-refractivity contribution is -0.135. The first-order chi connectivity index (χ1) is 9.97. The predicted octanol–water partition coefficient (Wildman–Crippen LogP) is 3.15. The minimum Gasteiger partial charge on any atom is -0.480 e. The summed E-state index contributed by atoms with van der Waals surface area (Å²) in [5, 5.41) is 9.07. The number of aliphatic carboxylic acids is 1. The summed E-state index contributed by atoms with van der Waals surface area (Å²) >= 11 is 5.64. The van der Waals surface area contributed by atoms with E-state index >= 15 is 0 Å². The molecule has 0 heterocycles. The molecule has 3 N–H and O–H groups in total. The van der Waals surface area contributed by atoms with Crippen molar-refractivity contribution in [3.8, 4) is 0 Å². The number of halogens is 2. The van der Waals surface area contributed by atoms with Gasteiger partial charge in [-0.15, -0.1) is 0 Å². The van der Waals surface area contributed by atoms with Crippen LogP contribution in [-0.4, -0.2) is 17.6 Å². The largest absolute Gasteiger partial charge is 0.480 e. The van der Waals surface area contributed by atoms with Gasteiger partial charge in [0.25, 0.3) is 0 Å². The van der Waals surface area contributed by atoms with E-state index in [0.717, 1.165) is 0 Å². The number of hydrogen-bond donors (Lipinski definition) is 2. The standard InChI is InChI=1S/C15H14ClFN2O2/c16-11-6-5-10(7-12(11)17)8-19(9-15(20)21)14-4-2-1-3-13(14)18/h1-7H,8-9,18H2,(H,20,21). The van der Waals surface area contributed by atoms with Gasteiger partial charge >= 0.3 is 5.97 Å². The van der Waals surface area contributed by atoms with Crippen molar-refractivity contribution in [3.05, 3.63) is 58.9 Å². The van der Waals surface area contributed by atoms with Crippen LogP contribution in [0.1, 0.15) is 5.56 Å². The number of anilines is 2. The lowest BCUT2D eigenvalue weighted by atomic mass is 10.1. The summed E-state index contributed by atoms with van der Waals surface area (Å²) < 4.78 is 13.5. The van der Waals surface area contributed by atoms with E-state index in [9.17, 15) is 9.18 Å². The maximum Gasteiger partial charge on any atom is 0.323 e. The average Bonchev–Trinajstić information content (AvgIpc) is 2.42. The normalized spacial score (nSPS) is 10.4. The highest BCUT2D eigenvalue weighted by Crippen LogP contribution is 2.25. The molecular weight excluding hydrogens is 295 g/mol. The topological polar surface area (TPSA) is 66.6 Å². The Balaban J connectivity index is 2.30. The predicted molar refractivity (Wildman–Crippen MR) is 81.0 cm³/mol. The fraction of sp³-hybridized carbons (Fsp3) is 0.133. The molecule has 0 aliphatic rings. The van der Waals surface area contributed by atoms with E-state index in [2.05, 4.69) is 0 Å². The van der Waals surface area contributed by atoms with Crippen LogP contribution < -0.4 is 10.6 Å². The zero-order chi connectivity index (χ0) is 15.4. The van der Waals surface area contributed by atoms with Crippen molar-refractivity contribution in [1.82, 2.24) is 0 Å². The molecule has 0 bridgehead atoms. The number of nitrogen functional groups attached to an aromatic ring is 1. The minimum absolute atomic E-state index is 0.0303. The van der Waals surface area contributed by atoms with Crippen molar-refractivity contribution in [2.24, 2.45) is 0 Å². The second kappa shape index (κ2) is 6.45. The zero-order valence-corrected chi connectivity index (χ0v) is 11.8. The third kappa shape index (κ3) is 3.86. The van der Waals surface area contributed by atoms with Gasteiger partial charge in [0, 0.05) is 6.54 Å². The molecule has 0 aromatic heterocycles. The van der Waals surface area contributed by atoms with Crippen molar-refractivity contribution < 1.29 is 14.3 Å². The van der Waals surface area contributed by atoms with Gasteiger partial charge in [-0.25, -0.2) is 4.39 Å². The minimum atomic E-state index is -0.993. The number of carboxylic acid groups (broad SMARTS) is 1. The molecule has 21 heavy (non-hydrogen) atoms. The summed E-state index contributed by atoms with van der Waals surface area (Å²) in [5.74, 6) is -1.53. The zero-order valence-electron chi connectivity index (χ0n) is 11.1. The van der Waals surface area contributed by atoms with Gasteiger partial charge in [-0.05, 0) is 29.8 Å². The van der Waals surface area contributed by atoms with Crippen LogP contribution in [0.2, 0.25) is 5.02 Å². The number of nitrogens with two attached hydrogens (primary N) is 1. The number of carbonyl (C=O) groups is 1. The third-order valence-electron chi connectivity index (χ3n) is 2.96. The molecule has 0 spiro atoms. The van der Waals surface area contributed by atoms with Gasteiger partial charge < -0.3 is 15.7 Å². The lowest BCUT2D eigenvalue weighted by Crippen LogP contribution is -2.29. The van der Waals surface area contributed by atoms with E-state index in [0.29, 0.717) is 16.9 Å². The molecule has 0 aliphatic heterocycles. The van der Waals surface area contributed by atoms with Gasteiger partial charge in [-0.3, -0.25) is 4.79 Å². The summed E-state index contributed by atoms with van der Waals surface area (Å²) in [6.45, 7) is -0.0208. The molecule has 0 fully saturated rings. The number of rotatable bonds is 5. The van der Waals surface area contributed by atoms with Crippen LogP contribution in [0.3, 0.4) is 0 Å². The van der Waals surface area contributed by atoms with Gasteiger partial charge in [-0.2, -0.15) is 0 Å². The number of nitrogens with zero attached hydrogens (tertiary/aromatic N) is 1. The van der Waals surface area contributed by atoms with Crippen molar-refractivity contribution >= 4 is 28.9 Å². The number of carboxylic acids is 1. The van der Waals surface area contributed by atoms with Crippen LogP contribution in [0, 0.1) is 5.82 Å². The lowest BCUT2D eigenvalue weighted by Gasteiger charge is -2.24. The quantitative estimate of drug-likeness (QED) is 0.833. The van der Waals surface area contributed by atoms with Crippen molar-refractivity contribution in [1.29, 1.82) is 0 Å². The Morgan fingerprint density at radius 1 is 1.29 bits per heavy atom. The van der Waals surface area contributed by atoms with E-state index in [-0.39, 0.29) is 18.1 Å². The van der Waals surface area contributed by atoms with Gasteiger partial charge in [0.1, 0.15) is 12.4 Å². The second-order valence-electron chi connectivity index (χ2n) is 4.56. The van der Waals surface area contributed by atoms with Crippen LogP contribution in [-0.2, 0) is 11.3 Å². The first-order valence-corrected chi connectivity index (χ1v) is 6.60. The summed E-state index contributed by atoms with van der Waals surface area (Å²) in [6, 6.07) is 11.3. The van der Waals surface area contributed by atoms with Crippen LogP contribution in [0.4, 0.5) is 15.8 Å². The van der Waals surface area contributed by atoms with Crippen LogP contribution >= 0.6 is 11.6 Å². The molecule has 0 saturated carbocycles. The monoisotopic (exact) mass is 308 g/mol. The second-order valence-corrected chi connectivity index (χ2v) is 4.96. The molecule has 110 valence electrons. The maximum absolute atomic E-state index is 13.5. The SMILES string of the molecule is Nc1ccccc1N(CC(=O)O)Cc1ccc(Cl)c(F)c1. The number of hydrogen-bond acceptors (Lipinski definition) is 3. The Morgan fingerprint density at radius 3 is 2.62 bits per heavy atom. The molecule has 2 aromatic carbocycles. The van der Waals surface area contributed by atoms with Gasteiger partial charge in [-0.1, -0.05) is 29.8 Å². The van der Waals surface area contributed by atoms with Crippen LogP contribution in [0.5, 0.6) is 0 Å². The molecule has 0 saturated heterocycles. The first kappa shape index (κ1) is 15.1. The highest BCUT2D eigenvalue weighted by molar-refractivity contribution is 6.30. The molecule has 0 radical (unpaired) electrons. The van der Waals surface area contributed by atoms with E-state index in [1.807, 2.05) is 0 Å². The summed E-state index contributed by atoms with van der Waals surface area (Å²) in [7, 11) is 0. The maximum atomic E-state index is 13.5. The van der Waals surface area contributed by atoms with E-state index < -0.39 is 11.8 Å². The molecule has 4 nitrogen and oxygen atoms in total. The fourth-order valence-corrected chi connectivity index (χ4v) is 2.14. The molecule has 0 atom stereocenters. The van der Waals surface area contributed by atoms with Gasteiger partial charge in [0.05, 0.1) is 16.4 Å². The number of para-hydroxylation sites is 2. The van der Waals surface area contributed by atoms with Crippen molar-refractivity contribution in [3.63, 3.8) is 0 Å². The average molecular weight is 309 g/mol. The van der Waals surface area contributed by atoms with E-state index in [4.69, 9.17) is 22.4 Å². The third-order valence-corrected chi connectivity index (χ3v) is 3.27. The molecule has 0 amide bonds. The highest BCUT2D eigenvalue weighted by Gasteiger charge is 2.14. The molecule has 2 rings (SSSR count). The van der Waals surface area contributed by atoms with E-state index in [1.165, 1.54) is 12.1 Å². The van der Waals surface area contributed by atoms with Gasteiger partial charge in [0.15, 0.2) is 0 Å². The molecule has 0 aliphatic carbocycles. The molecule has 6 heteroatoms. The van der Waals surface area contributed by atoms with Gasteiger partial charge in [0.2, 0.25) is 0 Å². The Bertz CT molecular complexity index is 664. The molecular formula is C15H14ClFN2O2. The summed E-state index contributed by atoms with van der Waals surface area (Å²) in [4.78, 5) is 12.6. The Morgan fingerprint density at radius 2 is 2.00 bits per heavy atom. The summed E-state index contributed by atoms with van der Waals surface area (Å²) in [6.07, 6.45) is 0. The van der Waals surface area contributed by atoms with Crippen molar-refractivity contribution in [2.45, 2.75) is 6.54 Å². The number of benzene rings is 2. The molecule has 0 unspecified atom stereocenters. The summed E-state index contributed by atoms with van der Waals surface area (Å²) in [5.41, 5.74) is 7.55. The Labute approximate surface area is 126 Å². The molecule has 2 aromatic rings. The van der Waals surface area contributed by atoms with Crippen LogP contribution in [0.15, 0.2) is 42.5 Å². The van der Waals surface area contributed by atoms with E-state index in [1.54, 1.807) is 35.2 Å². The fourth-order valence-electron chi connectivity index (χ4n) is 2.02. The highest BCUT2D eigenvalue weighted by atomic mass is 35.5. The van der Waals surface area contributed by atoms with Crippen LogP contribution in [0.25, 0.3) is 0 Å². The Kier molecular flexibility index (Phi) is 4.65. The Hall–Kier alpha value is -2.27.